The first-order valence-corrected chi connectivity index (χ1v) is 12.9. The van der Waals surface area contributed by atoms with Crippen LogP contribution in [-0.4, -0.2) is 46.2 Å². The summed E-state index contributed by atoms with van der Waals surface area (Å²) in [5.74, 6) is -2.61. The van der Waals surface area contributed by atoms with E-state index in [1.807, 2.05) is 0 Å². The van der Waals surface area contributed by atoms with Gasteiger partial charge in [0.2, 0.25) is 0 Å². The molecular formula is C31H24F2N4O7. The summed E-state index contributed by atoms with van der Waals surface area (Å²) in [6.07, 6.45) is 2.56. The molecule has 0 saturated carbocycles. The summed E-state index contributed by atoms with van der Waals surface area (Å²) in [6.45, 7) is 0.909. The van der Waals surface area contributed by atoms with Gasteiger partial charge in [0.15, 0.2) is 23.1 Å². The summed E-state index contributed by atoms with van der Waals surface area (Å²) < 4.78 is 50.0. The van der Waals surface area contributed by atoms with Gasteiger partial charge in [0.05, 0.1) is 25.4 Å². The second kappa shape index (κ2) is 12.6. The summed E-state index contributed by atoms with van der Waals surface area (Å²) in [4.78, 5) is 37.3. The van der Waals surface area contributed by atoms with Crippen LogP contribution in [0.1, 0.15) is 23.0 Å². The van der Waals surface area contributed by atoms with Gasteiger partial charge >= 0.3 is 5.97 Å². The molecule has 0 spiro atoms. The highest BCUT2D eigenvalue weighted by atomic mass is 19.1. The van der Waals surface area contributed by atoms with Crippen LogP contribution in [0, 0.1) is 11.6 Å². The molecule has 5 aromatic rings. The standard InChI is InChI=1S/C31H24F2N4O7/c1-16(38)43-15-23-27(17-4-6-18(32)7-5-17)29(39)20(14-35-23)30(40)36-19-8-9-24(21(33)12-19)44-25-10-11-34-22-13-26(41-2)31(42-3)37-28(22)25/h4-14H,15H2,1-3H3,(H,35,39)(H,36,40). The monoisotopic (exact) mass is 602 g/mol. The number of nitrogens with zero attached hydrogens (tertiary/aromatic N) is 3. The van der Waals surface area contributed by atoms with Crippen molar-refractivity contribution in [1.29, 1.82) is 0 Å². The Balaban J connectivity index is 1.41. The number of hydrogen-bond donors (Lipinski definition) is 2. The predicted octanol–water partition coefficient (Wildman–Crippen LogP) is 5.80. The van der Waals surface area contributed by atoms with E-state index in [-0.39, 0.29) is 46.5 Å². The second-order valence-corrected chi connectivity index (χ2v) is 9.21. The van der Waals surface area contributed by atoms with Gasteiger partial charge < -0.3 is 29.4 Å². The average molecular weight is 603 g/mol. The van der Waals surface area contributed by atoms with Gasteiger partial charge in [-0.2, -0.15) is 0 Å². The molecule has 0 saturated heterocycles. The van der Waals surface area contributed by atoms with Crippen molar-refractivity contribution >= 4 is 28.6 Å². The van der Waals surface area contributed by atoms with Crippen LogP contribution in [0.25, 0.3) is 22.2 Å². The van der Waals surface area contributed by atoms with Crippen LogP contribution in [0.3, 0.4) is 0 Å². The van der Waals surface area contributed by atoms with Crippen molar-refractivity contribution in [2.45, 2.75) is 13.5 Å². The van der Waals surface area contributed by atoms with E-state index in [2.05, 4.69) is 20.3 Å². The van der Waals surface area contributed by atoms with Crippen LogP contribution in [0.15, 0.2) is 67.0 Å². The lowest BCUT2D eigenvalue weighted by Crippen LogP contribution is -2.14. The molecule has 3 heterocycles. The number of carbonyl (C=O) groups excluding carboxylic acids is 2. The number of pyridine rings is 3. The van der Waals surface area contributed by atoms with Gasteiger partial charge in [0.1, 0.15) is 29.3 Å². The number of rotatable bonds is 9. The Morgan fingerprint density at radius 1 is 0.932 bits per heavy atom. The molecule has 11 nitrogen and oxygen atoms in total. The number of esters is 1. The van der Waals surface area contributed by atoms with Crippen molar-refractivity contribution in [3.63, 3.8) is 0 Å². The molecular weight excluding hydrogens is 578 g/mol. The number of methoxy groups -OCH3 is 2. The predicted molar refractivity (Wildman–Crippen MR) is 154 cm³/mol. The Labute approximate surface area is 249 Å². The number of aromatic hydroxyl groups is 1. The molecule has 0 aliphatic carbocycles. The summed E-state index contributed by atoms with van der Waals surface area (Å²) in [7, 11) is 2.89. The first-order valence-electron chi connectivity index (χ1n) is 12.9. The number of benzene rings is 2. The number of amides is 1. The number of carbonyl (C=O) groups is 2. The fourth-order valence-electron chi connectivity index (χ4n) is 4.27. The molecule has 0 radical (unpaired) electrons. The minimum Gasteiger partial charge on any atom is -0.506 e. The van der Waals surface area contributed by atoms with Crippen LogP contribution < -0.4 is 19.5 Å². The minimum absolute atomic E-state index is 0.0516. The number of anilines is 1. The van der Waals surface area contributed by atoms with E-state index in [4.69, 9.17) is 18.9 Å². The number of hydrogen-bond acceptors (Lipinski definition) is 10. The fraction of sp³-hybridized carbons (Fsp3) is 0.129. The van der Waals surface area contributed by atoms with Crippen LogP contribution >= 0.6 is 0 Å². The largest absolute Gasteiger partial charge is 0.506 e. The molecule has 0 bridgehead atoms. The van der Waals surface area contributed by atoms with Crippen LogP contribution in [0.2, 0.25) is 0 Å². The average Bonchev–Trinajstić information content (AvgIpc) is 3.01. The summed E-state index contributed by atoms with van der Waals surface area (Å²) in [5, 5.41) is 13.6. The van der Waals surface area contributed by atoms with E-state index >= 15 is 4.39 Å². The number of fused-ring (bicyclic) bond motifs is 1. The molecule has 0 aliphatic rings. The van der Waals surface area contributed by atoms with Gasteiger partial charge in [-0.15, -0.1) is 0 Å². The van der Waals surface area contributed by atoms with E-state index in [0.717, 1.165) is 12.3 Å². The molecule has 0 aliphatic heterocycles. The SMILES string of the molecule is COc1cc2nccc(Oc3ccc(NC(=O)c4cnc(COC(C)=O)c(-c5ccc(F)cc5)c4O)cc3F)c2nc1OC. The first kappa shape index (κ1) is 29.6. The van der Waals surface area contributed by atoms with Crippen molar-refractivity contribution < 1.29 is 42.4 Å². The lowest BCUT2D eigenvalue weighted by Gasteiger charge is -2.15. The van der Waals surface area contributed by atoms with E-state index in [1.54, 1.807) is 6.07 Å². The van der Waals surface area contributed by atoms with Gasteiger partial charge in [-0.1, -0.05) is 12.1 Å². The zero-order valence-corrected chi connectivity index (χ0v) is 23.6. The van der Waals surface area contributed by atoms with Gasteiger partial charge in [-0.3, -0.25) is 19.6 Å². The third-order valence-corrected chi connectivity index (χ3v) is 6.35. The zero-order chi connectivity index (χ0) is 31.4. The van der Waals surface area contributed by atoms with Gasteiger partial charge in [-0.05, 0) is 29.8 Å². The third kappa shape index (κ3) is 6.16. The highest BCUT2D eigenvalue weighted by Crippen LogP contribution is 2.37. The maximum Gasteiger partial charge on any atom is 0.303 e. The van der Waals surface area contributed by atoms with Gasteiger partial charge in [0.25, 0.3) is 11.8 Å². The maximum absolute atomic E-state index is 15.2. The van der Waals surface area contributed by atoms with Crippen LogP contribution in [0.5, 0.6) is 28.9 Å². The van der Waals surface area contributed by atoms with E-state index < -0.39 is 29.3 Å². The Hall–Kier alpha value is -5.85. The lowest BCUT2D eigenvalue weighted by atomic mass is 10.00. The van der Waals surface area contributed by atoms with E-state index in [1.165, 1.54) is 69.8 Å². The molecule has 44 heavy (non-hydrogen) atoms. The van der Waals surface area contributed by atoms with Crippen LogP contribution in [0.4, 0.5) is 14.5 Å². The van der Waals surface area contributed by atoms with Gasteiger partial charge in [0, 0.05) is 48.8 Å². The Kier molecular flexibility index (Phi) is 8.47. The zero-order valence-electron chi connectivity index (χ0n) is 23.6. The van der Waals surface area contributed by atoms with Crippen molar-refractivity contribution in [2.24, 2.45) is 0 Å². The molecule has 224 valence electrons. The lowest BCUT2D eigenvalue weighted by molar-refractivity contribution is -0.142. The smallest absolute Gasteiger partial charge is 0.303 e. The molecule has 0 atom stereocenters. The Bertz CT molecular complexity index is 1880. The minimum atomic E-state index is -0.809. The highest BCUT2D eigenvalue weighted by molar-refractivity contribution is 6.07. The van der Waals surface area contributed by atoms with Crippen LogP contribution in [-0.2, 0) is 16.1 Å². The van der Waals surface area contributed by atoms with Crippen molar-refractivity contribution in [3.8, 4) is 40.0 Å². The summed E-state index contributed by atoms with van der Waals surface area (Å²) in [6, 6.07) is 12.0. The second-order valence-electron chi connectivity index (χ2n) is 9.21. The number of halogens is 2. The van der Waals surface area contributed by atoms with Crippen molar-refractivity contribution in [2.75, 3.05) is 19.5 Å². The van der Waals surface area contributed by atoms with Crippen molar-refractivity contribution in [1.82, 2.24) is 15.0 Å². The number of nitrogens with one attached hydrogen (secondary N) is 1. The maximum atomic E-state index is 15.2. The molecule has 0 unspecified atom stereocenters. The first-order chi connectivity index (χ1) is 21.2. The topological polar surface area (TPSA) is 142 Å². The number of aromatic nitrogens is 3. The summed E-state index contributed by atoms with van der Waals surface area (Å²) >= 11 is 0. The molecule has 5 rings (SSSR count). The normalized spacial score (nSPS) is 10.8. The highest BCUT2D eigenvalue weighted by Gasteiger charge is 2.22. The fourth-order valence-corrected chi connectivity index (χ4v) is 4.27. The molecule has 2 aromatic carbocycles. The molecule has 0 fully saturated rings. The van der Waals surface area contributed by atoms with E-state index in [0.29, 0.717) is 22.3 Å². The Morgan fingerprint density at radius 3 is 2.39 bits per heavy atom. The Morgan fingerprint density at radius 2 is 1.70 bits per heavy atom. The molecule has 3 aromatic heterocycles. The molecule has 2 N–H and O–H groups in total. The van der Waals surface area contributed by atoms with E-state index in [9.17, 15) is 19.1 Å². The molecule has 1 amide bonds. The number of ether oxygens (including phenoxy) is 4. The summed E-state index contributed by atoms with van der Waals surface area (Å²) in [5.41, 5.74) is 1.07. The third-order valence-electron chi connectivity index (χ3n) is 6.35. The van der Waals surface area contributed by atoms with Crippen molar-refractivity contribution in [3.05, 3.63) is 89.9 Å². The quantitative estimate of drug-likeness (QED) is 0.199. The van der Waals surface area contributed by atoms with Gasteiger partial charge in [-0.25, -0.2) is 13.8 Å². The molecule has 13 heteroatoms.